The molecule has 0 spiro atoms. The fourth-order valence-electron chi connectivity index (χ4n) is 7.76. The molecule has 0 bridgehead atoms. The quantitative estimate of drug-likeness (QED) is 0.0351. The molecule has 0 saturated heterocycles. The molecule has 0 amide bonds. The maximum absolute atomic E-state index is 11.8. The van der Waals surface area contributed by atoms with Crippen LogP contribution < -0.4 is 0 Å². The van der Waals surface area contributed by atoms with Crippen molar-refractivity contribution in [2.75, 3.05) is 12.3 Å². The lowest BCUT2D eigenvalue weighted by Gasteiger charge is -2.27. The Labute approximate surface area is 346 Å². The zero-order valence-corrected chi connectivity index (χ0v) is 38.4. The van der Waals surface area contributed by atoms with Crippen LogP contribution in [0.4, 0.5) is 0 Å². The first-order valence-corrected chi connectivity index (χ1v) is 26.3. The Morgan fingerprint density at radius 2 is 0.545 bits per heavy atom. The van der Waals surface area contributed by atoms with E-state index in [9.17, 15) is 13.0 Å². The summed E-state index contributed by atoms with van der Waals surface area (Å²) in [5.74, 6) is -0.345. The van der Waals surface area contributed by atoms with Crippen molar-refractivity contribution < 1.29 is 17.5 Å². The van der Waals surface area contributed by atoms with Crippen LogP contribution in [0.1, 0.15) is 271 Å². The van der Waals surface area contributed by atoms with Gasteiger partial charge in [-0.3, -0.25) is 0 Å². The first kappa shape index (κ1) is 54.1. The van der Waals surface area contributed by atoms with Gasteiger partial charge in [0.15, 0.2) is 0 Å². The van der Waals surface area contributed by atoms with Gasteiger partial charge in [0.05, 0.1) is 5.75 Å². The van der Waals surface area contributed by atoms with E-state index in [0.29, 0.717) is 4.48 Å². The summed E-state index contributed by atoms with van der Waals surface area (Å²) >= 11 is 0. The average molecular weight is 792 g/mol. The maximum atomic E-state index is 11.8. The van der Waals surface area contributed by atoms with Gasteiger partial charge in [0.1, 0.15) is 35.3 Å². The van der Waals surface area contributed by atoms with E-state index in [0.717, 1.165) is 19.3 Å². The summed E-state index contributed by atoms with van der Waals surface area (Å²) < 4.78 is 35.9. The van der Waals surface area contributed by atoms with Gasteiger partial charge in [-0.15, -0.1) is 0 Å². The SMILES string of the molecule is CCCCCCCCCCCCCC/C=C/[N+](/C=C/CCCCCCCCCCCCCC)(/C=C/CCCCCCCCCCCCCC)CCS(=O)(=O)[O-]. The third kappa shape index (κ3) is 42.5. The minimum atomic E-state index is -4.30. The normalized spacial score (nSPS) is 12.7. The zero-order valence-electron chi connectivity index (χ0n) is 37.5. The molecular formula is C50H97NO3S. The smallest absolute Gasteiger partial charge is 0.104 e. The summed E-state index contributed by atoms with van der Waals surface area (Å²) in [4.78, 5) is 0. The Kier molecular flexibility index (Phi) is 42.0. The van der Waals surface area contributed by atoms with Crippen LogP contribution in [0.3, 0.4) is 0 Å². The highest BCUT2D eigenvalue weighted by Gasteiger charge is 2.20. The topological polar surface area (TPSA) is 57.2 Å². The molecule has 4 nitrogen and oxygen atoms in total. The van der Waals surface area contributed by atoms with Crippen LogP contribution in [-0.4, -0.2) is 29.8 Å². The summed E-state index contributed by atoms with van der Waals surface area (Å²) in [6.45, 7) is 7.11. The number of allylic oxidation sites excluding steroid dienone is 3. The van der Waals surface area contributed by atoms with E-state index in [1.807, 2.05) is 0 Å². The van der Waals surface area contributed by atoms with Crippen LogP contribution in [0.25, 0.3) is 0 Å². The van der Waals surface area contributed by atoms with Gasteiger partial charge in [-0.25, -0.2) is 12.9 Å². The predicted octanol–water partition coefficient (Wildman–Crippen LogP) is 17.2. The second kappa shape index (κ2) is 42.7. The van der Waals surface area contributed by atoms with Gasteiger partial charge >= 0.3 is 0 Å². The van der Waals surface area contributed by atoms with Gasteiger partial charge in [-0.2, -0.15) is 0 Å². The van der Waals surface area contributed by atoms with E-state index in [1.165, 1.54) is 231 Å². The van der Waals surface area contributed by atoms with Gasteiger partial charge in [0, 0.05) is 0 Å². The predicted molar refractivity (Wildman–Crippen MR) is 244 cm³/mol. The third-order valence-electron chi connectivity index (χ3n) is 11.6. The van der Waals surface area contributed by atoms with Crippen molar-refractivity contribution in [3.63, 3.8) is 0 Å². The van der Waals surface area contributed by atoms with E-state index in [2.05, 4.69) is 57.6 Å². The zero-order chi connectivity index (χ0) is 40.2. The molecule has 0 radical (unpaired) electrons. The maximum Gasteiger partial charge on any atom is 0.104 e. The third-order valence-corrected chi connectivity index (χ3v) is 12.2. The van der Waals surface area contributed by atoms with Crippen molar-refractivity contribution in [2.24, 2.45) is 0 Å². The lowest BCUT2D eigenvalue weighted by molar-refractivity contribution is -0.770. The number of unbranched alkanes of at least 4 members (excludes halogenated alkanes) is 36. The van der Waals surface area contributed by atoms with Crippen molar-refractivity contribution >= 4 is 10.1 Å². The van der Waals surface area contributed by atoms with E-state index in [4.69, 9.17) is 0 Å². The largest absolute Gasteiger partial charge is 0.748 e. The number of hydrogen-bond acceptors (Lipinski definition) is 3. The van der Waals surface area contributed by atoms with Gasteiger partial charge in [0.2, 0.25) is 0 Å². The molecular weight excluding hydrogens is 695 g/mol. The van der Waals surface area contributed by atoms with Gasteiger partial charge in [-0.1, -0.05) is 233 Å². The molecule has 0 N–H and O–H groups in total. The Bertz CT molecular complexity index is 863. The average Bonchev–Trinajstić information content (AvgIpc) is 3.17. The summed E-state index contributed by atoms with van der Waals surface area (Å²) in [6.07, 6.45) is 64.6. The van der Waals surface area contributed by atoms with Crippen molar-refractivity contribution in [3.05, 3.63) is 36.8 Å². The summed E-state index contributed by atoms with van der Waals surface area (Å²) in [6, 6.07) is 0. The monoisotopic (exact) mass is 792 g/mol. The second-order valence-electron chi connectivity index (χ2n) is 17.2. The fraction of sp³-hybridized carbons (Fsp3) is 0.880. The molecule has 0 fully saturated rings. The molecule has 0 saturated carbocycles. The molecule has 0 heterocycles. The van der Waals surface area contributed by atoms with Gasteiger partial charge in [-0.05, 0) is 56.8 Å². The van der Waals surface area contributed by atoms with Crippen molar-refractivity contribution in [1.82, 2.24) is 0 Å². The molecule has 326 valence electrons. The van der Waals surface area contributed by atoms with E-state index >= 15 is 0 Å². The number of rotatable bonds is 45. The Balaban J connectivity index is 4.91. The number of nitrogens with zero attached hydrogens (tertiary/aromatic N) is 1. The highest BCUT2D eigenvalue weighted by molar-refractivity contribution is 7.85. The van der Waals surface area contributed by atoms with Crippen molar-refractivity contribution in [1.29, 1.82) is 0 Å². The van der Waals surface area contributed by atoms with E-state index < -0.39 is 10.1 Å². The van der Waals surface area contributed by atoms with E-state index in [-0.39, 0.29) is 12.3 Å². The van der Waals surface area contributed by atoms with Crippen LogP contribution in [0.5, 0.6) is 0 Å². The summed E-state index contributed by atoms with van der Waals surface area (Å²) in [5, 5.41) is 0. The highest BCUT2D eigenvalue weighted by Crippen LogP contribution is 2.19. The molecule has 0 atom stereocenters. The molecule has 0 aliphatic rings. The molecule has 0 unspecified atom stereocenters. The number of quaternary nitrogens is 1. The summed E-state index contributed by atoms with van der Waals surface area (Å²) in [7, 11) is -4.30. The minimum Gasteiger partial charge on any atom is -0.748 e. The van der Waals surface area contributed by atoms with E-state index in [1.54, 1.807) is 0 Å². The van der Waals surface area contributed by atoms with Crippen molar-refractivity contribution in [2.45, 2.75) is 271 Å². The lowest BCUT2D eigenvalue weighted by Crippen LogP contribution is -2.35. The Morgan fingerprint density at radius 3 is 0.745 bits per heavy atom. The van der Waals surface area contributed by atoms with Crippen LogP contribution in [0, 0.1) is 0 Å². The Hall–Kier alpha value is -0.910. The molecule has 0 aromatic carbocycles. The second-order valence-corrected chi connectivity index (χ2v) is 18.7. The molecule has 0 aromatic heterocycles. The molecule has 0 aliphatic heterocycles. The number of hydrogen-bond donors (Lipinski definition) is 0. The van der Waals surface area contributed by atoms with Crippen LogP contribution in [-0.2, 0) is 10.1 Å². The molecule has 0 rings (SSSR count). The fourth-order valence-corrected chi connectivity index (χ4v) is 8.30. The minimum absolute atomic E-state index is 0.269. The van der Waals surface area contributed by atoms with Crippen molar-refractivity contribution in [3.8, 4) is 0 Å². The Morgan fingerprint density at radius 1 is 0.345 bits per heavy atom. The first-order chi connectivity index (χ1) is 26.9. The lowest BCUT2D eigenvalue weighted by atomic mass is 10.0. The molecule has 55 heavy (non-hydrogen) atoms. The first-order valence-electron chi connectivity index (χ1n) is 24.7. The van der Waals surface area contributed by atoms with Crippen LogP contribution in [0.2, 0.25) is 0 Å². The van der Waals surface area contributed by atoms with Gasteiger partial charge < -0.3 is 4.55 Å². The van der Waals surface area contributed by atoms with Gasteiger partial charge in [0.25, 0.3) is 0 Å². The highest BCUT2D eigenvalue weighted by atomic mass is 32.2. The van der Waals surface area contributed by atoms with Crippen LogP contribution in [0.15, 0.2) is 36.8 Å². The molecule has 5 heteroatoms. The standard InChI is InChI=1S/C50H97NO3S/c1-4-7-10-13-16-19-22-25-28-31-34-37-40-43-46-51(49-50-55(52,53)54,47-44-41-38-35-32-29-26-23-20-17-14-11-8-5-2)48-45-42-39-36-33-30-27-24-21-18-15-12-9-6-3/h43-48H,4-42,49-50H2,1-3H3/b46-43+,47-44+,48-45+. The molecule has 0 aliphatic carbocycles. The summed E-state index contributed by atoms with van der Waals surface area (Å²) in [5.41, 5.74) is 0. The van der Waals surface area contributed by atoms with Crippen LogP contribution >= 0.6 is 0 Å². The molecule has 0 aromatic rings.